The number of aromatic nitrogens is 3. The zero-order chi connectivity index (χ0) is 14.5. The summed E-state index contributed by atoms with van der Waals surface area (Å²) in [6.45, 7) is 2.00. The van der Waals surface area contributed by atoms with Gasteiger partial charge in [-0.1, -0.05) is 12.1 Å². The van der Waals surface area contributed by atoms with Gasteiger partial charge in [-0.15, -0.1) is 10.2 Å². The average molecular weight is 274 g/mol. The van der Waals surface area contributed by atoms with Crippen LogP contribution in [0.3, 0.4) is 0 Å². The Hall–Kier alpha value is -2.37. The fourth-order valence-corrected chi connectivity index (χ4v) is 1.72. The number of anilines is 1. The number of ether oxygens (including phenoxy) is 1. The summed E-state index contributed by atoms with van der Waals surface area (Å²) in [5.74, 6) is 1.18. The molecule has 2 aromatic rings. The SMILES string of the molecule is Cc1nnc(COC(=O)CCc2ccc(N)cc2)n1C. The molecule has 0 unspecified atom stereocenters. The van der Waals surface area contributed by atoms with Crippen LogP contribution in [0.5, 0.6) is 0 Å². The lowest BCUT2D eigenvalue weighted by atomic mass is 10.1. The molecule has 0 aliphatic heterocycles. The summed E-state index contributed by atoms with van der Waals surface area (Å²) in [5.41, 5.74) is 7.38. The number of hydrogen-bond acceptors (Lipinski definition) is 5. The molecular formula is C14H18N4O2. The minimum atomic E-state index is -0.248. The van der Waals surface area contributed by atoms with Gasteiger partial charge in [0.2, 0.25) is 0 Å². The van der Waals surface area contributed by atoms with Gasteiger partial charge in [0, 0.05) is 19.2 Å². The fourth-order valence-electron chi connectivity index (χ4n) is 1.72. The van der Waals surface area contributed by atoms with E-state index in [2.05, 4.69) is 10.2 Å². The number of nitrogens with zero attached hydrogens (tertiary/aromatic N) is 3. The van der Waals surface area contributed by atoms with Crippen LogP contribution >= 0.6 is 0 Å². The van der Waals surface area contributed by atoms with Crippen molar-refractivity contribution >= 4 is 11.7 Å². The number of benzene rings is 1. The minimum absolute atomic E-state index is 0.151. The normalized spacial score (nSPS) is 10.5. The Labute approximate surface area is 117 Å². The van der Waals surface area contributed by atoms with E-state index < -0.39 is 0 Å². The van der Waals surface area contributed by atoms with Crippen LogP contribution in [-0.4, -0.2) is 20.7 Å². The van der Waals surface area contributed by atoms with E-state index in [0.29, 0.717) is 24.4 Å². The van der Waals surface area contributed by atoms with Gasteiger partial charge in [0.15, 0.2) is 12.4 Å². The fraction of sp³-hybridized carbons (Fsp3) is 0.357. The maximum Gasteiger partial charge on any atom is 0.306 e. The first kappa shape index (κ1) is 14.0. The van der Waals surface area contributed by atoms with Crippen LogP contribution in [0, 0.1) is 6.92 Å². The van der Waals surface area contributed by atoms with Crippen molar-refractivity contribution in [3.63, 3.8) is 0 Å². The number of nitrogen functional groups attached to an aromatic ring is 1. The molecule has 1 aromatic heterocycles. The van der Waals surface area contributed by atoms with E-state index in [1.165, 1.54) is 0 Å². The molecule has 0 saturated carbocycles. The smallest absolute Gasteiger partial charge is 0.306 e. The van der Waals surface area contributed by atoms with Gasteiger partial charge < -0.3 is 15.0 Å². The molecule has 106 valence electrons. The standard InChI is InChI=1S/C14H18N4O2/c1-10-16-17-13(18(10)2)9-20-14(19)8-5-11-3-6-12(15)7-4-11/h3-4,6-7H,5,8-9,15H2,1-2H3. The second-order valence-corrected chi connectivity index (χ2v) is 4.62. The predicted octanol–water partition coefficient (Wildman–Crippen LogP) is 1.38. The average Bonchev–Trinajstić information content (AvgIpc) is 2.76. The number of hydrogen-bond donors (Lipinski definition) is 1. The Balaban J connectivity index is 1.78. The van der Waals surface area contributed by atoms with Crippen LogP contribution in [0.1, 0.15) is 23.6 Å². The third-order valence-corrected chi connectivity index (χ3v) is 3.14. The van der Waals surface area contributed by atoms with E-state index in [-0.39, 0.29) is 12.6 Å². The molecule has 0 saturated heterocycles. The molecule has 0 aliphatic rings. The Bertz CT molecular complexity index is 590. The van der Waals surface area contributed by atoms with Crippen LogP contribution in [0.15, 0.2) is 24.3 Å². The van der Waals surface area contributed by atoms with Crippen LogP contribution in [0.25, 0.3) is 0 Å². The Morgan fingerprint density at radius 2 is 2.00 bits per heavy atom. The van der Waals surface area contributed by atoms with Gasteiger partial charge in [-0.2, -0.15) is 0 Å². The van der Waals surface area contributed by atoms with Crippen LogP contribution in [0.4, 0.5) is 5.69 Å². The third-order valence-electron chi connectivity index (χ3n) is 3.14. The first-order valence-corrected chi connectivity index (χ1v) is 6.41. The molecule has 2 rings (SSSR count). The lowest BCUT2D eigenvalue weighted by Gasteiger charge is -2.05. The highest BCUT2D eigenvalue weighted by atomic mass is 16.5. The van der Waals surface area contributed by atoms with Crippen molar-refractivity contribution in [3.8, 4) is 0 Å². The molecule has 0 radical (unpaired) electrons. The Morgan fingerprint density at radius 1 is 1.30 bits per heavy atom. The molecule has 1 aromatic carbocycles. The van der Waals surface area contributed by atoms with E-state index in [1.54, 1.807) is 4.57 Å². The topological polar surface area (TPSA) is 83.0 Å². The summed E-state index contributed by atoms with van der Waals surface area (Å²) in [6, 6.07) is 7.47. The second kappa shape index (κ2) is 6.18. The van der Waals surface area contributed by atoms with Gasteiger partial charge in [0.05, 0.1) is 0 Å². The molecule has 6 nitrogen and oxygen atoms in total. The number of carbonyl (C=O) groups excluding carboxylic acids is 1. The summed E-state index contributed by atoms with van der Waals surface area (Å²) >= 11 is 0. The van der Waals surface area contributed by atoms with Gasteiger partial charge in [-0.05, 0) is 31.0 Å². The summed E-state index contributed by atoms with van der Waals surface area (Å²) < 4.78 is 6.98. The van der Waals surface area contributed by atoms with Gasteiger partial charge in [-0.25, -0.2) is 0 Å². The van der Waals surface area contributed by atoms with Crippen molar-refractivity contribution in [3.05, 3.63) is 41.5 Å². The Kier molecular flexibility index (Phi) is 4.34. The van der Waals surface area contributed by atoms with E-state index in [4.69, 9.17) is 10.5 Å². The van der Waals surface area contributed by atoms with Crippen LogP contribution in [0.2, 0.25) is 0 Å². The number of carbonyl (C=O) groups is 1. The quantitative estimate of drug-likeness (QED) is 0.658. The highest BCUT2D eigenvalue weighted by Crippen LogP contribution is 2.08. The van der Waals surface area contributed by atoms with Gasteiger partial charge >= 0.3 is 5.97 Å². The van der Waals surface area contributed by atoms with Crippen molar-refractivity contribution in [1.29, 1.82) is 0 Å². The minimum Gasteiger partial charge on any atom is -0.457 e. The summed E-state index contributed by atoms with van der Waals surface area (Å²) in [7, 11) is 1.84. The molecule has 20 heavy (non-hydrogen) atoms. The molecule has 0 spiro atoms. The van der Waals surface area contributed by atoms with Crippen molar-refractivity contribution < 1.29 is 9.53 Å². The van der Waals surface area contributed by atoms with Crippen molar-refractivity contribution in [2.75, 3.05) is 5.73 Å². The first-order valence-electron chi connectivity index (χ1n) is 6.41. The summed E-state index contributed by atoms with van der Waals surface area (Å²) in [5, 5.41) is 7.84. The lowest BCUT2D eigenvalue weighted by Crippen LogP contribution is -2.09. The first-order chi connectivity index (χ1) is 9.56. The maximum atomic E-state index is 11.7. The second-order valence-electron chi connectivity index (χ2n) is 4.62. The molecule has 0 fully saturated rings. The molecule has 1 heterocycles. The van der Waals surface area contributed by atoms with Crippen molar-refractivity contribution in [2.45, 2.75) is 26.4 Å². The van der Waals surface area contributed by atoms with Crippen molar-refractivity contribution in [1.82, 2.24) is 14.8 Å². The highest BCUT2D eigenvalue weighted by Gasteiger charge is 2.09. The van der Waals surface area contributed by atoms with Crippen LogP contribution in [-0.2, 0) is 29.6 Å². The summed E-state index contributed by atoms with van der Waals surface area (Å²) in [4.78, 5) is 11.7. The molecule has 0 amide bonds. The third kappa shape index (κ3) is 3.57. The van der Waals surface area contributed by atoms with E-state index >= 15 is 0 Å². The molecule has 2 N–H and O–H groups in total. The van der Waals surface area contributed by atoms with Gasteiger partial charge in [-0.3, -0.25) is 4.79 Å². The lowest BCUT2D eigenvalue weighted by molar-refractivity contribution is -0.145. The number of nitrogens with two attached hydrogens (primary N) is 1. The molecular weight excluding hydrogens is 256 g/mol. The monoisotopic (exact) mass is 274 g/mol. The number of aryl methyl sites for hydroxylation is 2. The number of esters is 1. The summed E-state index contributed by atoms with van der Waals surface area (Å²) in [6.07, 6.45) is 0.970. The Morgan fingerprint density at radius 3 is 2.60 bits per heavy atom. The zero-order valence-electron chi connectivity index (χ0n) is 11.7. The van der Waals surface area contributed by atoms with Crippen molar-refractivity contribution in [2.24, 2.45) is 7.05 Å². The van der Waals surface area contributed by atoms with Crippen LogP contribution < -0.4 is 5.73 Å². The highest BCUT2D eigenvalue weighted by molar-refractivity contribution is 5.69. The molecule has 0 aliphatic carbocycles. The predicted molar refractivity (Wildman–Crippen MR) is 74.7 cm³/mol. The van der Waals surface area contributed by atoms with E-state index in [0.717, 1.165) is 11.4 Å². The van der Waals surface area contributed by atoms with E-state index in [1.807, 2.05) is 38.2 Å². The molecule has 6 heteroatoms. The molecule has 0 atom stereocenters. The molecule has 0 bridgehead atoms. The van der Waals surface area contributed by atoms with Gasteiger partial charge in [0.1, 0.15) is 5.82 Å². The maximum absolute atomic E-state index is 11.7. The van der Waals surface area contributed by atoms with E-state index in [9.17, 15) is 4.79 Å². The largest absolute Gasteiger partial charge is 0.457 e. The van der Waals surface area contributed by atoms with Gasteiger partial charge in [0.25, 0.3) is 0 Å². The zero-order valence-corrected chi connectivity index (χ0v) is 11.7. The number of rotatable bonds is 5.